The second-order valence-electron chi connectivity index (χ2n) is 5.90. The van der Waals surface area contributed by atoms with Gasteiger partial charge < -0.3 is 18.9 Å². The van der Waals surface area contributed by atoms with Gasteiger partial charge in [-0.15, -0.1) is 10.2 Å². The Kier molecular flexibility index (Phi) is 5.02. The summed E-state index contributed by atoms with van der Waals surface area (Å²) in [6, 6.07) is 5.54. The maximum atomic E-state index is 12.4. The van der Waals surface area contributed by atoms with Crippen molar-refractivity contribution in [3.63, 3.8) is 0 Å². The zero-order valence-electron chi connectivity index (χ0n) is 14.7. The summed E-state index contributed by atoms with van der Waals surface area (Å²) in [6.07, 6.45) is 5.30. The Morgan fingerprint density at radius 1 is 1.32 bits per heavy atom. The van der Waals surface area contributed by atoms with E-state index in [4.69, 9.17) is 9.47 Å². The van der Waals surface area contributed by atoms with Crippen LogP contribution < -0.4 is 9.47 Å². The fraction of sp³-hybridized carbons (Fsp3) is 0.389. The number of hydrogen-bond acceptors (Lipinski definition) is 5. The number of hydrogen-bond donors (Lipinski definition) is 0. The van der Waals surface area contributed by atoms with Crippen LogP contribution in [0.5, 0.6) is 11.5 Å². The topological polar surface area (TPSA) is 69.5 Å². The first-order valence-corrected chi connectivity index (χ1v) is 8.19. The fourth-order valence-corrected chi connectivity index (χ4v) is 2.95. The summed E-state index contributed by atoms with van der Waals surface area (Å²) in [5.74, 6) is 2.96. The van der Waals surface area contributed by atoms with Gasteiger partial charge in [0.05, 0.1) is 20.8 Å². The molecule has 2 aromatic rings. The normalized spacial score (nSPS) is 13.1. The number of rotatable bonds is 6. The molecule has 7 nitrogen and oxygen atoms in total. The van der Waals surface area contributed by atoms with E-state index in [1.165, 1.54) is 6.08 Å². The molecule has 0 unspecified atom stereocenters. The second kappa shape index (κ2) is 7.38. The van der Waals surface area contributed by atoms with Gasteiger partial charge in [-0.2, -0.15) is 0 Å². The molecule has 0 atom stereocenters. The summed E-state index contributed by atoms with van der Waals surface area (Å²) in [7, 11) is 4.92. The van der Waals surface area contributed by atoms with Gasteiger partial charge in [-0.1, -0.05) is 12.1 Å². The highest BCUT2D eigenvalue weighted by molar-refractivity contribution is 5.92. The number of carbonyl (C=O) groups is 1. The number of aromatic nitrogens is 3. The Morgan fingerprint density at radius 2 is 2.16 bits per heavy atom. The highest BCUT2D eigenvalue weighted by Crippen LogP contribution is 2.31. The molecule has 0 spiro atoms. The second-order valence-corrected chi connectivity index (χ2v) is 5.90. The van der Waals surface area contributed by atoms with Crippen LogP contribution in [-0.2, 0) is 24.3 Å². The number of aryl methyl sites for hydroxylation is 1. The lowest BCUT2D eigenvalue weighted by atomic mass is 10.1. The predicted octanol–water partition coefficient (Wildman–Crippen LogP) is 1.91. The Morgan fingerprint density at radius 3 is 2.92 bits per heavy atom. The van der Waals surface area contributed by atoms with Crippen molar-refractivity contribution in [2.45, 2.75) is 25.9 Å². The molecule has 0 fully saturated rings. The molecular formula is C18H22N4O3. The molecule has 3 rings (SSSR count). The van der Waals surface area contributed by atoms with Crippen molar-refractivity contribution in [1.29, 1.82) is 0 Å². The highest BCUT2D eigenvalue weighted by Gasteiger charge is 2.19. The number of amides is 1. The minimum absolute atomic E-state index is 0.111. The molecule has 25 heavy (non-hydrogen) atoms. The van der Waals surface area contributed by atoms with Crippen molar-refractivity contribution in [1.82, 2.24) is 19.7 Å². The van der Waals surface area contributed by atoms with Gasteiger partial charge in [0.15, 0.2) is 17.3 Å². The Balaban J connectivity index is 1.70. The first-order valence-electron chi connectivity index (χ1n) is 8.19. The average molecular weight is 342 g/mol. The van der Waals surface area contributed by atoms with E-state index >= 15 is 0 Å². The van der Waals surface area contributed by atoms with E-state index in [1.54, 1.807) is 32.2 Å². The monoisotopic (exact) mass is 342 g/mol. The fourth-order valence-electron chi connectivity index (χ4n) is 2.95. The minimum atomic E-state index is -0.111. The van der Waals surface area contributed by atoms with Crippen molar-refractivity contribution in [2.75, 3.05) is 21.3 Å². The lowest BCUT2D eigenvalue weighted by molar-refractivity contribution is -0.125. The number of para-hydroxylation sites is 1. The molecule has 2 heterocycles. The van der Waals surface area contributed by atoms with Gasteiger partial charge in [-0.05, 0) is 18.6 Å². The van der Waals surface area contributed by atoms with E-state index in [2.05, 4.69) is 14.8 Å². The minimum Gasteiger partial charge on any atom is -0.493 e. The van der Waals surface area contributed by atoms with Gasteiger partial charge in [-0.3, -0.25) is 4.79 Å². The molecule has 0 saturated carbocycles. The first-order chi connectivity index (χ1) is 12.1. The maximum absolute atomic E-state index is 12.4. The molecule has 7 heteroatoms. The van der Waals surface area contributed by atoms with Crippen LogP contribution in [0, 0.1) is 0 Å². The number of likely N-dealkylation sites (N-methyl/N-ethyl adjacent to an activating group) is 1. The molecule has 1 amide bonds. The van der Waals surface area contributed by atoms with Gasteiger partial charge in [0, 0.05) is 31.7 Å². The predicted molar refractivity (Wildman–Crippen MR) is 93.4 cm³/mol. The van der Waals surface area contributed by atoms with Crippen LogP contribution in [0.2, 0.25) is 0 Å². The summed E-state index contributed by atoms with van der Waals surface area (Å²) < 4.78 is 12.7. The highest BCUT2D eigenvalue weighted by atomic mass is 16.5. The zero-order chi connectivity index (χ0) is 17.8. The molecule has 0 aliphatic carbocycles. The molecular weight excluding hydrogens is 320 g/mol. The quantitative estimate of drug-likeness (QED) is 0.750. The number of carbonyl (C=O) groups excluding carboxylic acids is 1. The number of benzene rings is 1. The van der Waals surface area contributed by atoms with Crippen molar-refractivity contribution >= 4 is 12.0 Å². The molecule has 0 saturated heterocycles. The Bertz CT molecular complexity index is 798. The van der Waals surface area contributed by atoms with Gasteiger partial charge in [0.2, 0.25) is 5.91 Å². The van der Waals surface area contributed by atoms with Crippen LogP contribution in [0.4, 0.5) is 0 Å². The van der Waals surface area contributed by atoms with E-state index < -0.39 is 0 Å². The van der Waals surface area contributed by atoms with E-state index in [0.717, 1.165) is 36.6 Å². The van der Waals surface area contributed by atoms with E-state index in [9.17, 15) is 4.79 Å². The average Bonchev–Trinajstić information content (AvgIpc) is 3.24. The molecule has 1 aromatic heterocycles. The molecule has 0 N–H and O–H groups in total. The van der Waals surface area contributed by atoms with Gasteiger partial charge >= 0.3 is 0 Å². The summed E-state index contributed by atoms with van der Waals surface area (Å²) in [5.41, 5.74) is 0.784. The zero-order valence-corrected chi connectivity index (χ0v) is 14.7. The smallest absolute Gasteiger partial charge is 0.246 e. The number of methoxy groups -OCH3 is 2. The van der Waals surface area contributed by atoms with Crippen LogP contribution in [-0.4, -0.2) is 46.8 Å². The third-order valence-corrected chi connectivity index (χ3v) is 4.28. The van der Waals surface area contributed by atoms with Crippen molar-refractivity contribution < 1.29 is 14.3 Å². The molecule has 0 bridgehead atoms. The third kappa shape index (κ3) is 3.50. The molecule has 1 aliphatic rings. The summed E-state index contributed by atoms with van der Waals surface area (Å²) >= 11 is 0. The van der Waals surface area contributed by atoms with Gasteiger partial charge in [0.1, 0.15) is 5.82 Å². The van der Waals surface area contributed by atoms with Crippen molar-refractivity contribution in [3.05, 3.63) is 41.5 Å². The standard InChI is InChI=1S/C18H22N4O3/c1-21(12-16-20-19-15-8-5-11-22(15)16)17(23)10-9-13-6-4-7-14(24-2)18(13)25-3/h4,6-7,9-10H,5,8,11-12H2,1-3H3/b10-9+. The number of fused-ring (bicyclic) bond motifs is 1. The van der Waals surface area contributed by atoms with Crippen LogP contribution in [0.25, 0.3) is 6.08 Å². The Labute approximate surface area is 146 Å². The van der Waals surface area contributed by atoms with Crippen molar-refractivity contribution in [2.24, 2.45) is 0 Å². The van der Waals surface area contributed by atoms with E-state index in [0.29, 0.717) is 18.0 Å². The SMILES string of the molecule is COc1cccc(/C=C/C(=O)N(C)Cc2nnc3n2CCC3)c1OC. The van der Waals surface area contributed by atoms with E-state index in [-0.39, 0.29) is 5.91 Å². The molecule has 132 valence electrons. The van der Waals surface area contributed by atoms with Crippen LogP contribution in [0.3, 0.4) is 0 Å². The summed E-state index contributed by atoms with van der Waals surface area (Å²) in [6.45, 7) is 1.36. The summed E-state index contributed by atoms with van der Waals surface area (Å²) in [5, 5.41) is 8.36. The van der Waals surface area contributed by atoms with Gasteiger partial charge in [-0.25, -0.2) is 0 Å². The lowest BCUT2D eigenvalue weighted by Gasteiger charge is -2.15. The van der Waals surface area contributed by atoms with Crippen LogP contribution in [0.15, 0.2) is 24.3 Å². The number of nitrogens with zero attached hydrogens (tertiary/aromatic N) is 4. The molecule has 1 aromatic carbocycles. The Hall–Kier alpha value is -2.83. The van der Waals surface area contributed by atoms with Crippen molar-refractivity contribution in [3.8, 4) is 11.5 Å². The lowest BCUT2D eigenvalue weighted by Crippen LogP contribution is -2.26. The first kappa shape index (κ1) is 17.0. The van der Waals surface area contributed by atoms with Crippen LogP contribution >= 0.6 is 0 Å². The molecule has 1 aliphatic heterocycles. The third-order valence-electron chi connectivity index (χ3n) is 4.28. The van der Waals surface area contributed by atoms with Crippen LogP contribution in [0.1, 0.15) is 23.6 Å². The van der Waals surface area contributed by atoms with Gasteiger partial charge in [0.25, 0.3) is 0 Å². The number of ether oxygens (including phenoxy) is 2. The largest absolute Gasteiger partial charge is 0.493 e. The summed E-state index contributed by atoms with van der Waals surface area (Å²) in [4.78, 5) is 14.0. The van der Waals surface area contributed by atoms with E-state index in [1.807, 2.05) is 18.2 Å². The maximum Gasteiger partial charge on any atom is 0.246 e. The molecule has 0 radical (unpaired) electrons.